The van der Waals surface area contributed by atoms with E-state index in [1.165, 1.54) is 6.20 Å². The minimum absolute atomic E-state index is 0.0762. The molecule has 26 heavy (non-hydrogen) atoms. The molecule has 0 radical (unpaired) electrons. The second-order valence-corrected chi connectivity index (χ2v) is 6.95. The Bertz CT molecular complexity index is 784. The summed E-state index contributed by atoms with van der Waals surface area (Å²) in [5, 5.41) is 5.98. The lowest BCUT2D eigenvalue weighted by Crippen LogP contribution is -2.59. The standard InChI is InChI=1S/C20H26N4O2/c1-2-3-13-21-19(26)20(11-7-4-8-12-20)24-18(25)17-14-22-15-9-5-6-10-16(15)23-17/h5-6,9-10,14H,2-4,7-8,11-13H2,1H3,(H,21,26)(H,24,25). The Hall–Kier alpha value is -2.50. The van der Waals surface area contributed by atoms with Gasteiger partial charge in [-0.3, -0.25) is 14.6 Å². The van der Waals surface area contributed by atoms with Crippen molar-refractivity contribution in [3.8, 4) is 0 Å². The van der Waals surface area contributed by atoms with Gasteiger partial charge < -0.3 is 10.6 Å². The molecule has 1 aliphatic rings. The van der Waals surface area contributed by atoms with Crippen LogP contribution < -0.4 is 10.6 Å². The smallest absolute Gasteiger partial charge is 0.272 e. The normalized spacial score (nSPS) is 16.2. The van der Waals surface area contributed by atoms with E-state index in [-0.39, 0.29) is 17.5 Å². The number of benzene rings is 1. The number of hydrogen-bond donors (Lipinski definition) is 2. The summed E-state index contributed by atoms with van der Waals surface area (Å²) in [6.07, 6.45) is 7.72. The first-order chi connectivity index (χ1) is 12.6. The van der Waals surface area contributed by atoms with Crippen LogP contribution in [0.4, 0.5) is 0 Å². The van der Waals surface area contributed by atoms with Crippen LogP contribution in [0.25, 0.3) is 11.0 Å². The van der Waals surface area contributed by atoms with Crippen LogP contribution in [0.1, 0.15) is 62.4 Å². The van der Waals surface area contributed by atoms with Crippen molar-refractivity contribution < 1.29 is 9.59 Å². The summed E-state index contributed by atoms with van der Waals surface area (Å²) in [4.78, 5) is 34.3. The molecule has 0 bridgehead atoms. The summed E-state index contributed by atoms with van der Waals surface area (Å²) in [6.45, 7) is 2.73. The van der Waals surface area contributed by atoms with E-state index in [1.54, 1.807) is 0 Å². The number of fused-ring (bicyclic) bond motifs is 1. The maximum atomic E-state index is 12.8. The number of nitrogens with zero attached hydrogens (tertiary/aromatic N) is 2. The Morgan fingerprint density at radius 3 is 2.58 bits per heavy atom. The third kappa shape index (κ3) is 4.00. The molecule has 0 saturated heterocycles. The number of rotatable bonds is 6. The van der Waals surface area contributed by atoms with Gasteiger partial charge >= 0.3 is 0 Å². The van der Waals surface area contributed by atoms with Crippen molar-refractivity contribution in [1.82, 2.24) is 20.6 Å². The van der Waals surface area contributed by atoms with E-state index in [0.717, 1.165) is 37.6 Å². The van der Waals surface area contributed by atoms with Crippen molar-refractivity contribution >= 4 is 22.8 Å². The van der Waals surface area contributed by atoms with Gasteiger partial charge in [-0.2, -0.15) is 0 Å². The molecule has 138 valence electrons. The molecule has 0 aliphatic heterocycles. The first kappa shape index (κ1) is 18.3. The summed E-state index contributed by atoms with van der Waals surface area (Å²) in [7, 11) is 0. The van der Waals surface area contributed by atoms with Gasteiger partial charge in [0.2, 0.25) is 5.91 Å². The van der Waals surface area contributed by atoms with Crippen molar-refractivity contribution in [1.29, 1.82) is 0 Å². The van der Waals surface area contributed by atoms with E-state index in [2.05, 4.69) is 27.5 Å². The molecule has 3 rings (SSSR count). The third-order valence-electron chi connectivity index (χ3n) is 4.99. The fourth-order valence-corrected chi connectivity index (χ4v) is 3.46. The molecule has 2 aromatic rings. The van der Waals surface area contributed by atoms with Gasteiger partial charge in [0.25, 0.3) is 5.91 Å². The minimum Gasteiger partial charge on any atom is -0.354 e. The molecule has 2 amide bonds. The molecular weight excluding hydrogens is 328 g/mol. The lowest BCUT2D eigenvalue weighted by atomic mass is 9.80. The van der Waals surface area contributed by atoms with Crippen LogP contribution in [-0.4, -0.2) is 33.9 Å². The Kier molecular flexibility index (Phi) is 5.81. The maximum Gasteiger partial charge on any atom is 0.272 e. The predicted molar refractivity (Wildman–Crippen MR) is 101 cm³/mol. The molecule has 1 saturated carbocycles. The highest BCUT2D eigenvalue weighted by atomic mass is 16.2. The van der Waals surface area contributed by atoms with Crippen molar-refractivity contribution in [3.05, 3.63) is 36.2 Å². The second kappa shape index (κ2) is 8.25. The molecule has 2 N–H and O–H groups in total. The van der Waals surface area contributed by atoms with Crippen LogP contribution >= 0.6 is 0 Å². The largest absolute Gasteiger partial charge is 0.354 e. The Labute approximate surface area is 153 Å². The summed E-state index contributed by atoms with van der Waals surface area (Å²) >= 11 is 0. The van der Waals surface area contributed by atoms with Crippen LogP contribution in [0.5, 0.6) is 0 Å². The quantitative estimate of drug-likeness (QED) is 0.781. The molecule has 1 fully saturated rings. The van der Waals surface area contributed by atoms with Crippen LogP contribution in [0.15, 0.2) is 30.5 Å². The number of aromatic nitrogens is 2. The zero-order chi connectivity index (χ0) is 18.4. The van der Waals surface area contributed by atoms with Gasteiger partial charge in [0, 0.05) is 6.54 Å². The van der Waals surface area contributed by atoms with Crippen molar-refractivity contribution in [3.63, 3.8) is 0 Å². The maximum absolute atomic E-state index is 12.8. The first-order valence-electron chi connectivity index (χ1n) is 9.47. The summed E-state index contributed by atoms with van der Waals surface area (Å²) < 4.78 is 0. The highest BCUT2D eigenvalue weighted by Gasteiger charge is 2.41. The van der Waals surface area contributed by atoms with Gasteiger partial charge in [-0.05, 0) is 31.4 Å². The fraction of sp³-hybridized carbons (Fsp3) is 0.500. The lowest BCUT2D eigenvalue weighted by Gasteiger charge is -2.36. The van der Waals surface area contributed by atoms with E-state index in [0.29, 0.717) is 24.9 Å². The van der Waals surface area contributed by atoms with Gasteiger partial charge in [0.05, 0.1) is 17.2 Å². The van der Waals surface area contributed by atoms with Crippen LogP contribution in [0, 0.1) is 0 Å². The van der Waals surface area contributed by atoms with Gasteiger partial charge in [-0.15, -0.1) is 0 Å². The average molecular weight is 354 g/mol. The molecule has 1 heterocycles. The van der Waals surface area contributed by atoms with Crippen LogP contribution in [0.3, 0.4) is 0 Å². The molecule has 1 aromatic heterocycles. The first-order valence-corrected chi connectivity index (χ1v) is 9.47. The highest BCUT2D eigenvalue weighted by Crippen LogP contribution is 2.29. The van der Waals surface area contributed by atoms with Crippen molar-refractivity contribution in [2.75, 3.05) is 6.54 Å². The number of para-hydroxylation sites is 2. The van der Waals surface area contributed by atoms with Crippen LogP contribution in [0.2, 0.25) is 0 Å². The average Bonchev–Trinajstić information content (AvgIpc) is 2.68. The van der Waals surface area contributed by atoms with Crippen molar-refractivity contribution in [2.45, 2.75) is 57.4 Å². The number of hydrogen-bond acceptors (Lipinski definition) is 4. The fourth-order valence-electron chi connectivity index (χ4n) is 3.46. The minimum atomic E-state index is -0.837. The third-order valence-corrected chi connectivity index (χ3v) is 4.99. The molecular formula is C20H26N4O2. The zero-order valence-electron chi connectivity index (χ0n) is 15.3. The molecule has 6 nitrogen and oxygen atoms in total. The van der Waals surface area contributed by atoms with Gasteiger partial charge in [0.15, 0.2) is 0 Å². The predicted octanol–water partition coefficient (Wildman–Crippen LogP) is 2.98. The monoisotopic (exact) mass is 354 g/mol. The van der Waals surface area contributed by atoms with E-state index in [4.69, 9.17) is 0 Å². The molecule has 1 aliphatic carbocycles. The van der Waals surface area contributed by atoms with Crippen molar-refractivity contribution in [2.24, 2.45) is 0 Å². The lowest BCUT2D eigenvalue weighted by molar-refractivity contribution is -0.128. The van der Waals surface area contributed by atoms with E-state index in [9.17, 15) is 9.59 Å². The van der Waals surface area contributed by atoms with E-state index < -0.39 is 5.54 Å². The summed E-state index contributed by atoms with van der Waals surface area (Å²) in [5.74, 6) is -0.413. The topological polar surface area (TPSA) is 84.0 Å². The summed E-state index contributed by atoms with van der Waals surface area (Å²) in [5.41, 5.74) is 0.824. The Morgan fingerprint density at radius 1 is 1.12 bits per heavy atom. The van der Waals surface area contributed by atoms with Gasteiger partial charge in [0.1, 0.15) is 11.2 Å². The molecule has 0 atom stereocenters. The SMILES string of the molecule is CCCCNC(=O)C1(NC(=O)c2cnc3ccccc3n2)CCCCC1. The molecule has 1 aromatic carbocycles. The number of carbonyl (C=O) groups is 2. The second-order valence-electron chi connectivity index (χ2n) is 6.95. The van der Waals surface area contributed by atoms with E-state index in [1.807, 2.05) is 24.3 Å². The molecule has 0 spiro atoms. The summed E-state index contributed by atoms with van der Waals surface area (Å²) in [6, 6.07) is 7.43. The number of nitrogens with one attached hydrogen (secondary N) is 2. The number of amides is 2. The number of unbranched alkanes of at least 4 members (excludes halogenated alkanes) is 1. The number of carbonyl (C=O) groups excluding carboxylic acids is 2. The molecule has 0 unspecified atom stereocenters. The van der Waals surface area contributed by atoms with Gasteiger partial charge in [-0.25, -0.2) is 4.98 Å². The highest BCUT2D eigenvalue weighted by molar-refractivity contribution is 5.98. The Morgan fingerprint density at radius 2 is 1.85 bits per heavy atom. The van der Waals surface area contributed by atoms with E-state index >= 15 is 0 Å². The molecule has 6 heteroatoms. The van der Waals surface area contributed by atoms with Gasteiger partial charge in [-0.1, -0.05) is 44.7 Å². The van der Waals surface area contributed by atoms with Crippen LogP contribution in [-0.2, 0) is 4.79 Å². The zero-order valence-corrected chi connectivity index (χ0v) is 15.3. The Balaban J connectivity index is 1.78.